The zero-order valence-corrected chi connectivity index (χ0v) is 12.9. The monoisotopic (exact) mass is 302 g/mol. The van der Waals surface area contributed by atoms with Gasteiger partial charge < -0.3 is 4.74 Å². The molecule has 1 aliphatic carbocycles. The number of ether oxygens (including phenoxy) is 1. The van der Waals surface area contributed by atoms with Gasteiger partial charge in [0.25, 0.3) is 0 Å². The third-order valence-electron chi connectivity index (χ3n) is 4.08. The molecule has 0 radical (unpaired) electrons. The minimum atomic E-state index is -0.273. The molecule has 1 aliphatic rings. The molecule has 1 fully saturated rings. The van der Waals surface area contributed by atoms with Crippen molar-refractivity contribution in [2.75, 3.05) is 7.11 Å². The maximum Gasteiger partial charge on any atom is 0.163 e. The molecule has 0 saturated heterocycles. The van der Waals surface area contributed by atoms with Crippen LogP contribution < -0.4 is 0 Å². The first-order chi connectivity index (χ1) is 10.3. The van der Waals surface area contributed by atoms with Gasteiger partial charge in [-0.1, -0.05) is 54.8 Å². The van der Waals surface area contributed by atoms with E-state index in [1.165, 1.54) is 25.7 Å². The van der Waals surface area contributed by atoms with Crippen molar-refractivity contribution in [1.29, 1.82) is 0 Å². The van der Waals surface area contributed by atoms with Gasteiger partial charge in [-0.25, -0.2) is 9.97 Å². The number of benzene rings is 1. The lowest BCUT2D eigenvalue weighted by molar-refractivity contribution is 0.128. The van der Waals surface area contributed by atoms with Gasteiger partial charge >= 0.3 is 0 Å². The Kier molecular flexibility index (Phi) is 4.51. The number of hydrogen-bond acceptors (Lipinski definition) is 3. The normalized spacial score (nSPS) is 17.0. The molecule has 1 heterocycles. The van der Waals surface area contributed by atoms with E-state index in [4.69, 9.17) is 21.3 Å². The van der Waals surface area contributed by atoms with Gasteiger partial charge in [-0.3, -0.25) is 0 Å². The molecular weight excluding hydrogens is 284 g/mol. The fraction of sp³-hybridized carbons (Fsp3) is 0.412. The molecule has 0 amide bonds. The van der Waals surface area contributed by atoms with Crippen molar-refractivity contribution in [2.45, 2.75) is 37.7 Å². The van der Waals surface area contributed by atoms with E-state index in [0.29, 0.717) is 16.9 Å². The second-order valence-electron chi connectivity index (χ2n) is 5.48. The van der Waals surface area contributed by atoms with Crippen molar-refractivity contribution in [2.24, 2.45) is 0 Å². The fourth-order valence-corrected chi connectivity index (χ4v) is 3.22. The average Bonchev–Trinajstić information content (AvgIpc) is 3.03. The van der Waals surface area contributed by atoms with Crippen LogP contribution in [0.25, 0.3) is 0 Å². The summed E-state index contributed by atoms with van der Waals surface area (Å²) in [5, 5.41) is 0.500. The number of halogens is 1. The first-order valence-corrected chi connectivity index (χ1v) is 7.78. The van der Waals surface area contributed by atoms with E-state index >= 15 is 0 Å². The molecule has 1 saturated carbocycles. The summed E-state index contributed by atoms with van der Waals surface area (Å²) in [4.78, 5) is 9.12. The summed E-state index contributed by atoms with van der Waals surface area (Å²) in [6.45, 7) is 0. The number of aromatic nitrogens is 2. The van der Waals surface area contributed by atoms with Gasteiger partial charge in [0, 0.05) is 18.7 Å². The predicted octanol–water partition coefficient (Wildman–Crippen LogP) is 4.52. The molecule has 110 valence electrons. The molecule has 21 heavy (non-hydrogen) atoms. The number of nitrogens with zero attached hydrogens (tertiary/aromatic N) is 2. The number of hydrogen-bond donors (Lipinski definition) is 0. The molecule has 0 aliphatic heterocycles. The van der Waals surface area contributed by atoms with Gasteiger partial charge in [0.1, 0.15) is 11.3 Å². The van der Waals surface area contributed by atoms with Crippen molar-refractivity contribution in [3.05, 3.63) is 58.6 Å². The van der Waals surface area contributed by atoms with Gasteiger partial charge in [-0.05, 0) is 24.5 Å². The molecule has 0 N–H and O–H groups in total. The molecule has 1 aromatic heterocycles. The Bertz CT molecular complexity index is 597. The van der Waals surface area contributed by atoms with Crippen molar-refractivity contribution in [3.8, 4) is 0 Å². The van der Waals surface area contributed by atoms with E-state index in [2.05, 4.69) is 4.98 Å². The lowest BCUT2D eigenvalue weighted by Gasteiger charge is -2.17. The Balaban J connectivity index is 1.96. The summed E-state index contributed by atoms with van der Waals surface area (Å²) < 4.78 is 5.61. The Labute approximate surface area is 130 Å². The molecule has 1 unspecified atom stereocenters. The summed E-state index contributed by atoms with van der Waals surface area (Å²) in [5.74, 6) is 1.16. The second kappa shape index (κ2) is 6.54. The zero-order chi connectivity index (χ0) is 14.7. The summed E-state index contributed by atoms with van der Waals surface area (Å²) in [5.41, 5.74) is 2.10. The van der Waals surface area contributed by atoms with Crippen molar-refractivity contribution in [3.63, 3.8) is 0 Å². The Morgan fingerprint density at radius 1 is 1.14 bits per heavy atom. The minimum Gasteiger partial charge on any atom is -0.369 e. The topological polar surface area (TPSA) is 35.0 Å². The maximum absolute atomic E-state index is 6.21. The SMILES string of the molecule is COC(c1ccccc1)c1nc(Cl)cc(C2CCCC2)n1. The third-order valence-corrected chi connectivity index (χ3v) is 4.27. The fourth-order valence-electron chi connectivity index (χ4n) is 3.02. The molecule has 1 aromatic carbocycles. The number of methoxy groups -OCH3 is 1. The van der Waals surface area contributed by atoms with Gasteiger partial charge in [0.05, 0.1) is 0 Å². The van der Waals surface area contributed by atoms with E-state index in [1.807, 2.05) is 36.4 Å². The van der Waals surface area contributed by atoms with Crippen LogP contribution in [0.5, 0.6) is 0 Å². The van der Waals surface area contributed by atoms with E-state index in [-0.39, 0.29) is 6.10 Å². The van der Waals surface area contributed by atoms with Crippen LogP contribution in [0.3, 0.4) is 0 Å². The highest BCUT2D eigenvalue weighted by Crippen LogP contribution is 2.34. The Morgan fingerprint density at radius 3 is 2.52 bits per heavy atom. The van der Waals surface area contributed by atoms with Crippen LogP contribution in [0.1, 0.15) is 54.8 Å². The summed E-state index contributed by atoms with van der Waals surface area (Å²) in [6, 6.07) is 11.9. The average molecular weight is 303 g/mol. The van der Waals surface area contributed by atoms with Gasteiger partial charge in [-0.15, -0.1) is 0 Å². The molecule has 1 atom stereocenters. The van der Waals surface area contributed by atoms with E-state index in [1.54, 1.807) is 7.11 Å². The molecular formula is C17H19ClN2O. The van der Waals surface area contributed by atoms with E-state index < -0.39 is 0 Å². The smallest absolute Gasteiger partial charge is 0.163 e. The summed E-state index contributed by atoms with van der Waals surface area (Å²) in [7, 11) is 1.68. The summed E-state index contributed by atoms with van der Waals surface area (Å²) >= 11 is 6.21. The van der Waals surface area contributed by atoms with Crippen LogP contribution in [0, 0.1) is 0 Å². The molecule has 4 heteroatoms. The minimum absolute atomic E-state index is 0.273. The largest absolute Gasteiger partial charge is 0.369 e. The van der Waals surface area contributed by atoms with Crippen LogP contribution in [-0.2, 0) is 4.74 Å². The molecule has 0 spiro atoms. The van der Waals surface area contributed by atoms with Gasteiger partial charge in [0.2, 0.25) is 0 Å². The van der Waals surface area contributed by atoms with Gasteiger partial charge in [-0.2, -0.15) is 0 Å². The lowest BCUT2D eigenvalue weighted by atomic mass is 10.0. The Morgan fingerprint density at radius 2 is 1.86 bits per heavy atom. The zero-order valence-electron chi connectivity index (χ0n) is 12.1. The molecule has 3 nitrogen and oxygen atoms in total. The third kappa shape index (κ3) is 3.25. The first kappa shape index (κ1) is 14.5. The van der Waals surface area contributed by atoms with Crippen LogP contribution in [-0.4, -0.2) is 17.1 Å². The first-order valence-electron chi connectivity index (χ1n) is 7.40. The standard InChI is InChI=1S/C17H19ClN2O/c1-21-16(13-9-3-2-4-10-13)17-19-14(11-15(18)20-17)12-7-5-6-8-12/h2-4,9-12,16H,5-8H2,1H3. The predicted molar refractivity (Wildman–Crippen MR) is 83.5 cm³/mol. The van der Waals surface area contributed by atoms with E-state index in [0.717, 1.165) is 11.3 Å². The van der Waals surface area contributed by atoms with Crippen molar-refractivity contribution < 1.29 is 4.74 Å². The van der Waals surface area contributed by atoms with E-state index in [9.17, 15) is 0 Å². The van der Waals surface area contributed by atoms with Crippen LogP contribution in [0.15, 0.2) is 36.4 Å². The highest BCUT2D eigenvalue weighted by atomic mass is 35.5. The molecule has 3 rings (SSSR count). The highest BCUT2D eigenvalue weighted by Gasteiger charge is 2.23. The molecule has 2 aromatic rings. The molecule has 0 bridgehead atoms. The maximum atomic E-state index is 6.21. The van der Waals surface area contributed by atoms with Crippen LogP contribution in [0.2, 0.25) is 5.15 Å². The summed E-state index contributed by atoms with van der Waals surface area (Å²) in [6.07, 6.45) is 4.65. The highest BCUT2D eigenvalue weighted by molar-refractivity contribution is 6.29. The Hall–Kier alpha value is -1.45. The quantitative estimate of drug-likeness (QED) is 0.779. The van der Waals surface area contributed by atoms with Crippen LogP contribution >= 0.6 is 11.6 Å². The van der Waals surface area contributed by atoms with Gasteiger partial charge in [0.15, 0.2) is 5.82 Å². The lowest BCUT2D eigenvalue weighted by Crippen LogP contribution is -2.11. The number of rotatable bonds is 4. The van der Waals surface area contributed by atoms with Crippen molar-refractivity contribution in [1.82, 2.24) is 9.97 Å². The van der Waals surface area contributed by atoms with Crippen LogP contribution in [0.4, 0.5) is 0 Å². The second-order valence-corrected chi connectivity index (χ2v) is 5.87. The van der Waals surface area contributed by atoms with Crippen molar-refractivity contribution >= 4 is 11.6 Å².